The molecule has 2 heterocycles. The minimum Gasteiger partial charge on any atom is -0.497 e. The third kappa shape index (κ3) is 3.85. The van der Waals surface area contributed by atoms with Gasteiger partial charge >= 0.3 is 5.63 Å². The molecule has 3 aromatic rings. The molecule has 0 bridgehead atoms. The number of methoxy groups -OCH3 is 2. The van der Waals surface area contributed by atoms with Gasteiger partial charge < -0.3 is 18.8 Å². The van der Waals surface area contributed by atoms with Crippen LogP contribution < -0.4 is 20.0 Å². The highest BCUT2D eigenvalue weighted by atomic mass is 35.5. The highest BCUT2D eigenvalue weighted by molar-refractivity contribution is 6.32. The average molecular weight is 415 g/mol. The van der Waals surface area contributed by atoms with Gasteiger partial charge in [-0.1, -0.05) is 11.6 Å². The molecule has 152 valence electrons. The molecule has 2 aromatic carbocycles. The van der Waals surface area contributed by atoms with Gasteiger partial charge in [0.15, 0.2) is 0 Å². The molecule has 1 aromatic heterocycles. The van der Waals surface area contributed by atoms with Crippen molar-refractivity contribution in [1.82, 2.24) is 0 Å². The van der Waals surface area contributed by atoms with Gasteiger partial charge in [0.05, 0.1) is 26.3 Å². The SMILES string of the molecule is COc1ccc([C@H]2CCC[NH+]2Cc2cc(=O)oc3cc(C)c(Cl)cc23)c(OC)c1. The van der Waals surface area contributed by atoms with Crippen LogP contribution in [0.2, 0.25) is 5.02 Å². The van der Waals surface area contributed by atoms with E-state index in [4.69, 9.17) is 25.5 Å². The van der Waals surface area contributed by atoms with Gasteiger partial charge in [0, 0.05) is 40.9 Å². The first-order valence-corrected chi connectivity index (χ1v) is 10.2. The average Bonchev–Trinajstić information content (AvgIpc) is 3.16. The van der Waals surface area contributed by atoms with Crippen LogP contribution in [0, 0.1) is 6.92 Å². The predicted octanol–water partition coefficient (Wildman–Crippen LogP) is 3.69. The number of quaternary nitrogens is 1. The van der Waals surface area contributed by atoms with Crippen LogP contribution in [0.15, 0.2) is 45.6 Å². The molecule has 0 aliphatic carbocycles. The molecule has 0 radical (unpaired) electrons. The Labute approximate surface area is 174 Å². The predicted molar refractivity (Wildman–Crippen MR) is 113 cm³/mol. The number of likely N-dealkylation sites (tertiary alicyclic amines) is 1. The summed E-state index contributed by atoms with van der Waals surface area (Å²) in [6.07, 6.45) is 2.19. The van der Waals surface area contributed by atoms with Crippen molar-refractivity contribution in [2.24, 2.45) is 0 Å². The first-order chi connectivity index (χ1) is 14.0. The Balaban J connectivity index is 1.71. The summed E-state index contributed by atoms with van der Waals surface area (Å²) in [6, 6.07) is 11.6. The summed E-state index contributed by atoms with van der Waals surface area (Å²) in [5.74, 6) is 1.62. The molecular weight excluding hydrogens is 390 g/mol. The minimum atomic E-state index is -0.327. The quantitative estimate of drug-likeness (QED) is 0.647. The maximum absolute atomic E-state index is 12.2. The van der Waals surface area contributed by atoms with Crippen molar-refractivity contribution in [2.45, 2.75) is 32.4 Å². The molecule has 2 atom stereocenters. The molecule has 29 heavy (non-hydrogen) atoms. The summed E-state index contributed by atoms with van der Waals surface area (Å²) in [6.45, 7) is 3.66. The van der Waals surface area contributed by atoms with Crippen LogP contribution in [0.25, 0.3) is 11.0 Å². The van der Waals surface area contributed by atoms with E-state index < -0.39 is 0 Å². The van der Waals surface area contributed by atoms with Crippen LogP contribution in [-0.4, -0.2) is 20.8 Å². The third-order valence-corrected chi connectivity index (χ3v) is 6.23. The summed E-state index contributed by atoms with van der Waals surface area (Å²) >= 11 is 6.35. The summed E-state index contributed by atoms with van der Waals surface area (Å²) < 4.78 is 16.4. The van der Waals surface area contributed by atoms with Gasteiger partial charge in [0.1, 0.15) is 29.7 Å². The molecular formula is C23H25ClNO4+. The Bertz CT molecular complexity index is 1110. The highest BCUT2D eigenvalue weighted by Gasteiger charge is 2.33. The number of rotatable bonds is 5. The van der Waals surface area contributed by atoms with E-state index in [1.165, 1.54) is 10.5 Å². The zero-order valence-corrected chi connectivity index (χ0v) is 17.6. The number of hydrogen-bond donors (Lipinski definition) is 1. The largest absolute Gasteiger partial charge is 0.497 e. The number of ether oxygens (including phenoxy) is 2. The molecule has 4 rings (SSSR count). The van der Waals surface area contributed by atoms with Gasteiger partial charge in [0.25, 0.3) is 0 Å². The van der Waals surface area contributed by atoms with E-state index in [1.54, 1.807) is 20.3 Å². The topological polar surface area (TPSA) is 53.1 Å². The van der Waals surface area contributed by atoms with Crippen molar-refractivity contribution in [3.05, 3.63) is 68.5 Å². The Morgan fingerprint density at radius 1 is 1.17 bits per heavy atom. The van der Waals surface area contributed by atoms with Gasteiger partial charge in [-0.05, 0) is 36.8 Å². The second kappa shape index (κ2) is 8.09. The Kier molecular flexibility index (Phi) is 5.52. The fourth-order valence-corrected chi connectivity index (χ4v) is 4.51. The molecule has 1 aliphatic rings. The van der Waals surface area contributed by atoms with Gasteiger partial charge in [-0.3, -0.25) is 0 Å². The Morgan fingerprint density at radius 2 is 2.00 bits per heavy atom. The molecule has 1 N–H and O–H groups in total. The summed E-state index contributed by atoms with van der Waals surface area (Å²) in [5, 5.41) is 1.58. The second-order valence-corrected chi connectivity index (χ2v) is 7.98. The Morgan fingerprint density at radius 3 is 2.76 bits per heavy atom. The summed E-state index contributed by atoms with van der Waals surface area (Å²) in [5.41, 5.74) is 3.29. The lowest BCUT2D eigenvalue weighted by atomic mass is 10.0. The van der Waals surface area contributed by atoms with Gasteiger partial charge in [0.2, 0.25) is 0 Å². The number of aryl methyl sites for hydroxylation is 1. The van der Waals surface area contributed by atoms with Crippen molar-refractivity contribution >= 4 is 22.6 Å². The van der Waals surface area contributed by atoms with E-state index in [0.29, 0.717) is 16.6 Å². The highest BCUT2D eigenvalue weighted by Crippen LogP contribution is 2.32. The number of benzene rings is 2. The Hall–Kier alpha value is -2.50. The maximum atomic E-state index is 12.2. The van der Waals surface area contributed by atoms with Crippen molar-refractivity contribution in [1.29, 1.82) is 0 Å². The molecule has 0 saturated carbocycles. The van der Waals surface area contributed by atoms with E-state index in [1.807, 2.05) is 31.2 Å². The zero-order chi connectivity index (χ0) is 20.5. The van der Waals surface area contributed by atoms with Gasteiger partial charge in [-0.2, -0.15) is 0 Å². The van der Waals surface area contributed by atoms with Crippen molar-refractivity contribution in [3.8, 4) is 11.5 Å². The van der Waals surface area contributed by atoms with Crippen molar-refractivity contribution in [2.75, 3.05) is 20.8 Å². The lowest BCUT2D eigenvalue weighted by Gasteiger charge is -2.24. The first kappa shape index (κ1) is 19.8. The molecule has 1 fully saturated rings. The first-order valence-electron chi connectivity index (χ1n) is 9.79. The number of halogens is 1. The van der Waals surface area contributed by atoms with Gasteiger partial charge in [-0.25, -0.2) is 4.79 Å². The van der Waals surface area contributed by atoms with Crippen LogP contribution in [0.4, 0.5) is 0 Å². The van der Waals surface area contributed by atoms with E-state index in [0.717, 1.165) is 53.9 Å². The standard InChI is InChI=1S/C23H24ClNO4/c1-14-9-22-18(12-19(14)24)15(10-23(26)29-22)13-25-8-4-5-20(25)17-7-6-16(27-2)11-21(17)28-3/h6-7,9-12,20H,4-5,8,13H2,1-3H3/p+1/t20-/m1/s1. The van der Waals surface area contributed by atoms with Crippen molar-refractivity contribution < 1.29 is 18.8 Å². The number of fused-ring (bicyclic) bond motifs is 1. The zero-order valence-electron chi connectivity index (χ0n) is 16.9. The minimum absolute atomic E-state index is 0.291. The van der Waals surface area contributed by atoms with Gasteiger partial charge in [-0.15, -0.1) is 0 Å². The normalized spacial score (nSPS) is 18.9. The van der Waals surface area contributed by atoms with E-state index in [9.17, 15) is 4.79 Å². The lowest BCUT2D eigenvalue weighted by molar-refractivity contribution is -0.931. The van der Waals surface area contributed by atoms with E-state index >= 15 is 0 Å². The van der Waals surface area contributed by atoms with Crippen LogP contribution in [0.5, 0.6) is 11.5 Å². The summed E-state index contributed by atoms with van der Waals surface area (Å²) in [4.78, 5) is 13.6. The molecule has 5 nitrogen and oxygen atoms in total. The molecule has 0 amide bonds. The maximum Gasteiger partial charge on any atom is 0.336 e. The molecule has 1 saturated heterocycles. The third-order valence-electron chi connectivity index (χ3n) is 5.83. The molecule has 1 unspecified atom stereocenters. The second-order valence-electron chi connectivity index (χ2n) is 7.58. The lowest BCUT2D eigenvalue weighted by Crippen LogP contribution is -3.08. The monoisotopic (exact) mass is 414 g/mol. The molecule has 6 heteroatoms. The van der Waals surface area contributed by atoms with E-state index in [-0.39, 0.29) is 5.63 Å². The smallest absolute Gasteiger partial charge is 0.336 e. The van der Waals surface area contributed by atoms with Crippen LogP contribution in [0.3, 0.4) is 0 Å². The van der Waals surface area contributed by atoms with Crippen molar-refractivity contribution in [3.63, 3.8) is 0 Å². The molecule has 0 spiro atoms. The fourth-order valence-electron chi connectivity index (χ4n) is 4.34. The fraction of sp³-hybridized carbons (Fsp3) is 0.348. The molecule has 1 aliphatic heterocycles. The summed E-state index contributed by atoms with van der Waals surface area (Å²) in [7, 11) is 3.34. The number of hydrogen-bond acceptors (Lipinski definition) is 4. The van der Waals surface area contributed by atoms with Crippen LogP contribution in [0.1, 0.15) is 35.6 Å². The van der Waals surface area contributed by atoms with Crippen LogP contribution in [-0.2, 0) is 6.54 Å². The van der Waals surface area contributed by atoms with E-state index in [2.05, 4.69) is 6.07 Å². The number of nitrogens with one attached hydrogen (secondary N) is 1. The van der Waals surface area contributed by atoms with Crippen LogP contribution >= 0.6 is 11.6 Å².